The van der Waals surface area contributed by atoms with Crippen molar-refractivity contribution in [3.05, 3.63) is 86.1 Å². The number of rotatable bonds is 9. The highest BCUT2D eigenvalue weighted by Gasteiger charge is 2.42. The Morgan fingerprint density at radius 2 is 0.508 bits per heavy atom. The molecule has 3 aliphatic heterocycles. The van der Waals surface area contributed by atoms with Gasteiger partial charge in [-0.15, -0.1) is 0 Å². The summed E-state index contributed by atoms with van der Waals surface area (Å²) >= 11 is 0. The standard InChI is InChI=1S/C45H63Cl3O12S3/c1-40(2,3)34-22-31(23-35(41(4,5)6)61(34)58-46(49,50)51)28-19-29(32-24-36(42(7,8)9)62(59-47(52,53)54)37(25-32)43(10,11)12)21-30(20-28)33-26-38(44(13,14)15)63(60-48(55,56)57)39(27-33)45(16,17)18/h19-27H,1-18H3. The number of hydrogen-bond donors (Lipinski definition) is 0. The van der Waals surface area contributed by atoms with Crippen molar-refractivity contribution >= 4 is 63.6 Å². The highest BCUT2D eigenvalue weighted by Crippen LogP contribution is 2.53. The van der Waals surface area contributed by atoms with E-state index in [1.165, 1.54) is 0 Å². The molecule has 0 bridgehead atoms. The largest absolute Gasteiger partial charge is 0.182 e. The summed E-state index contributed by atoms with van der Waals surface area (Å²) in [5.41, 5.74) is 0.0862. The molecule has 4 rings (SSSR count). The second-order valence-electron chi connectivity index (χ2n) is 21.8. The second-order valence-corrected chi connectivity index (χ2v) is 29.9. The van der Waals surface area contributed by atoms with Crippen LogP contribution in [0.15, 0.2) is 69.4 Å². The molecule has 0 saturated carbocycles. The van der Waals surface area contributed by atoms with Gasteiger partial charge in [0.15, 0.2) is 0 Å². The Bertz CT molecular complexity index is 2040. The van der Waals surface area contributed by atoms with Crippen molar-refractivity contribution in [1.29, 1.82) is 0 Å². The number of allylic oxidation sites excluding steroid dienone is 12. The van der Waals surface area contributed by atoms with Gasteiger partial charge in [-0.25, -0.2) is 0 Å². The summed E-state index contributed by atoms with van der Waals surface area (Å²) in [4.78, 5) is 3.46. The lowest BCUT2D eigenvalue weighted by molar-refractivity contribution is -1.91. The van der Waals surface area contributed by atoms with Crippen LogP contribution in [0.2, 0.25) is 0 Å². The van der Waals surface area contributed by atoms with Gasteiger partial charge in [-0.05, 0) is 121 Å². The summed E-state index contributed by atoms with van der Waals surface area (Å²) in [6, 6.07) is 5.91. The molecule has 18 heteroatoms. The lowest BCUT2D eigenvalue weighted by Crippen LogP contribution is -2.60. The van der Waals surface area contributed by atoms with Gasteiger partial charge in [0.05, 0.1) is 30.7 Å². The molecule has 3 heterocycles. The Kier molecular flexibility index (Phi) is 15.5. The van der Waals surface area contributed by atoms with Gasteiger partial charge in [0.25, 0.3) is 0 Å². The lowest BCUT2D eigenvalue weighted by atomic mass is 9.84. The first-order valence-corrected chi connectivity index (χ1v) is 27.2. The van der Waals surface area contributed by atoms with Gasteiger partial charge < -0.3 is 0 Å². The van der Waals surface area contributed by atoms with Crippen LogP contribution in [0, 0.1) is 63.2 Å². The average Bonchev–Trinajstić information content (AvgIpc) is 3.03. The molecule has 0 amide bonds. The molecule has 0 radical (unpaired) electrons. The van der Waals surface area contributed by atoms with Crippen molar-refractivity contribution in [3.8, 4) is 0 Å². The topological polar surface area (TPSA) is 235 Å². The third-order valence-electron chi connectivity index (χ3n) is 9.71. The molecular formula is C45H63Cl3O12S3. The molecule has 1 aromatic carbocycles. The molecule has 3 unspecified atom stereocenters. The van der Waals surface area contributed by atoms with Crippen LogP contribution in [0.5, 0.6) is 0 Å². The predicted molar refractivity (Wildman–Crippen MR) is 232 cm³/mol. The van der Waals surface area contributed by atoms with Crippen LogP contribution in [0.25, 0.3) is 16.7 Å². The van der Waals surface area contributed by atoms with Crippen LogP contribution in [0.3, 0.4) is 0 Å². The SMILES string of the molecule is CC(C)(C)C1=CC(c2cc(C3=CC(C(C)(C)C)=S(O[Cl+3]([O-])([O-])[O-])C(C(C)(C)C)=C3)cc(C3=CC(C(C)(C)C)=S(O[Cl+3]([O-])([O-])[O-])C(C(C)(C)C)=C3)c2)=CC(C(C)(C)C)=S1O[Cl+3]([O-])([O-])[O-]. The van der Waals surface area contributed by atoms with Crippen LogP contribution in [-0.4, -0.2) is 14.6 Å². The molecular weight excluding hydrogens is 935 g/mol. The first-order chi connectivity index (χ1) is 27.9. The maximum atomic E-state index is 12.2. The van der Waals surface area contributed by atoms with E-state index in [4.69, 9.17) is 11.2 Å². The molecule has 12 nitrogen and oxygen atoms in total. The highest BCUT2D eigenvalue weighted by molar-refractivity contribution is 8.16. The number of halogens is 3. The second kappa shape index (κ2) is 18.0. The van der Waals surface area contributed by atoms with E-state index in [9.17, 15) is 41.9 Å². The maximum Gasteiger partial charge on any atom is 0.141 e. The molecule has 0 aliphatic carbocycles. The Morgan fingerprint density at radius 1 is 0.317 bits per heavy atom. The molecule has 354 valence electrons. The summed E-state index contributed by atoms with van der Waals surface area (Å²) < 4.78 is 126. The minimum atomic E-state index is -4.81. The van der Waals surface area contributed by atoms with Gasteiger partial charge in [-0.3, -0.25) is 0 Å². The zero-order valence-electron chi connectivity index (χ0n) is 39.5. The maximum absolute atomic E-state index is 12.2. The lowest BCUT2D eigenvalue weighted by Gasteiger charge is -2.33. The zero-order valence-corrected chi connectivity index (χ0v) is 44.2. The molecule has 0 saturated heterocycles. The van der Waals surface area contributed by atoms with Crippen LogP contribution in [0.1, 0.15) is 141 Å². The van der Waals surface area contributed by atoms with Gasteiger partial charge in [-0.2, -0.15) is 41.9 Å². The third kappa shape index (κ3) is 14.1. The van der Waals surface area contributed by atoms with Crippen LogP contribution >= 0.6 is 32.3 Å². The van der Waals surface area contributed by atoms with Crippen molar-refractivity contribution in [3.63, 3.8) is 0 Å². The first-order valence-electron chi connectivity index (χ1n) is 20.0. The van der Waals surface area contributed by atoms with E-state index >= 15 is 0 Å². The highest BCUT2D eigenvalue weighted by atomic mass is 35.7. The Morgan fingerprint density at radius 3 is 0.651 bits per heavy atom. The Balaban J connectivity index is 2.28. The fourth-order valence-electron chi connectivity index (χ4n) is 6.68. The van der Waals surface area contributed by atoms with E-state index in [1.807, 2.05) is 179 Å². The summed E-state index contributed by atoms with van der Waals surface area (Å²) in [7, 11) is -19.1. The van der Waals surface area contributed by atoms with Gasteiger partial charge in [0.1, 0.15) is 43.5 Å². The molecule has 0 spiro atoms. The van der Waals surface area contributed by atoms with Gasteiger partial charge in [0.2, 0.25) is 0 Å². The molecule has 0 aromatic heterocycles. The van der Waals surface area contributed by atoms with E-state index in [0.717, 1.165) is 0 Å². The number of hydrogen-bond acceptors (Lipinski definition) is 12. The third-order valence-corrected chi connectivity index (χ3v) is 19.8. The summed E-state index contributed by atoms with van der Waals surface area (Å²) in [5, 5.41) is 0. The van der Waals surface area contributed by atoms with Crippen LogP contribution in [-0.2, 0) is 11.2 Å². The molecule has 1 aromatic rings. The molecule has 0 fully saturated rings. The van der Waals surface area contributed by atoms with E-state index in [0.29, 0.717) is 62.7 Å². The normalized spacial score (nSPS) is 21.8. The molecule has 3 aliphatic rings. The summed E-state index contributed by atoms with van der Waals surface area (Å²) in [6.45, 7) is 34.4. The quantitative estimate of drug-likeness (QED) is 0.323. The fraction of sp³-hybridized carbons (Fsp3) is 0.533. The van der Waals surface area contributed by atoms with E-state index < -0.39 is 95.5 Å². The average molecular weight is 999 g/mol. The van der Waals surface area contributed by atoms with E-state index in [-0.39, 0.29) is 0 Å². The molecule has 3 atom stereocenters. The van der Waals surface area contributed by atoms with Gasteiger partial charge in [0, 0.05) is 29.3 Å². The summed E-state index contributed by atoms with van der Waals surface area (Å²) in [5.74, 6) is 0. The smallest absolute Gasteiger partial charge is 0.141 e. The first kappa shape index (κ1) is 54.3. The Labute approximate surface area is 388 Å². The van der Waals surface area contributed by atoms with E-state index in [1.54, 1.807) is 0 Å². The van der Waals surface area contributed by atoms with Crippen molar-refractivity contribution < 1.29 is 83.9 Å². The Hall–Kier alpha value is -1.29. The molecule has 0 N–H and O–H groups in total. The van der Waals surface area contributed by atoms with Crippen LogP contribution in [0.4, 0.5) is 0 Å². The van der Waals surface area contributed by atoms with E-state index in [2.05, 4.69) is 0 Å². The van der Waals surface area contributed by atoms with Gasteiger partial charge >= 0.3 is 0 Å². The van der Waals surface area contributed by atoms with Crippen molar-refractivity contribution in [2.45, 2.75) is 125 Å². The van der Waals surface area contributed by atoms with Gasteiger partial charge in [-0.1, -0.05) is 125 Å². The van der Waals surface area contributed by atoms with Crippen molar-refractivity contribution in [1.82, 2.24) is 0 Å². The minimum absolute atomic E-state index is 0.576. The van der Waals surface area contributed by atoms with Crippen molar-refractivity contribution in [2.24, 2.45) is 32.5 Å². The minimum Gasteiger partial charge on any atom is -0.182 e. The fourth-order valence-corrected chi connectivity index (χ4v) is 15.6. The van der Waals surface area contributed by atoms with Crippen LogP contribution < -0.4 is 41.9 Å². The monoisotopic (exact) mass is 996 g/mol. The van der Waals surface area contributed by atoms with Crippen molar-refractivity contribution in [2.75, 3.05) is 0 Å². The summed E-state index contributed by atoms with van der Waals surface area (Å²) in [6.07, 6.45) is 11.1. The number of benzene rings is 1. The molecule has 63 heavy (non-hydrogen) atoms. The zero-order chi connectivity index (χ0) is 48.6. The predicted octanol–water partition coefficient (Wildman–Crippen LogP) is 3.62.